The number of nitrogens with one attached hydrogen (secondary N) is 1. The first-order chi connectivity index (χ1) is 9.23. The van der Waals surface area contributed by atoms with Gasteiger partial charge in [-0.2, -0.15) is 0 Å². The summed E-state index contributed by atoms with van der Waals surface area (Å²) in [4.78, 5) is 11.8. The minimum atomic E-state index is -0.554. The number of hydrogen-bond acceptors (Lipinski definition) is 4. The highest BCUT2D eigenvalue weighted by Gasteiger charge is 2.17. The third kappa shape index (κ3) is 5.48. The van der Waals surface area contributed by atoms with Gasteiger partial charge in [-0.3, -0.25) is 5.32 Å². The molecule has 0 aliphatic carbocycles. The van der Waals surface area contributed by atoms with Crippen molar-refractivity contribution in [3.63, 3.8) is 0 Å². The molecule has 112 valence electrons. The number of aliphatic hydroxyl groups excluding tert-OH is 1. The van der Waals surface area contributed by atoms with Gasteiger partial charge in [0.2, 0.25) is 0 Å². The van der Waals surface area contributed by atoms with Crippen molar-refractivity contribution in [2.45, 2.75) is 38.8 Å². The molecule has 0 saturated carbocycles. The predicted octanol–water partition coefficient (Wildman–Crippen LogP) is 3.18. The zero-order valence-electron chi connectivity index (χ0n) is 11.9. The van der Waals surface area contributed by atoms with Gasteiger partial charge in [-0.15, -0.1) is 0 Å². The minimum Gasteiger partial charge on any atom is -0.444 e. The van der Waals surface area contributed by atoms with E-state index in [1.165, 1.54) is 0 Å². The number of benzene rings is 1. The van der Waals surface area contributed by atoms with Gasteiger partial charge in [-0.05, 0) is 60.8 Å². The Kier molecular flexibility index (Phi) is 5.98. The molecule has 0 radical (unpaired) electrons. The molecule has 0 bridgehead atoms. The Balaban J connectivity index is 2.84. The van der Waals surface area contributed by atoms with Crippen molar-refractivity contribution in [3.8, 4) is 0 Å². The van der Waals surface area contributed by atoms with Crippen molar-refractivity contribution in [2.24, 2.45) is 5.73 Å². The molecule has 1 atom stereocenters. The quantitative estimate of drug-likeness (QED) is 0.783. The average molecular weight is 345 g/mol. The predicted molar refractivity (Wildman–Crippen MR) is 82.6 cm³/mol. The van der Waals surface area contributed by atoms with Gasteiger partial charge in [0.1, 0.15) is 5.60 Å². The van der Waals surface area contributed by atoms with Crippen molar-refractivity contribution in [1.82, 2.24) is 0 Å². The second-order valence-corrected chi connectivity index (χ2v) is 6.34. The van der Waals surface area contributed by atoms with Crippen molar-refractivity contribution in [1.29, 1.82) is 0 Å². The number of rotatable bonds is 4. The Hall–Kier alpha value is -1.11. The highest BCUT2D eigenvalue weighted by molar-refractivity contribution is 9.10. The molecular weight excluding hydrogens is 324 g/mol. The van der Waals surface area contributed by atoms with Crippen LogP contribution in [0.3, 0.4) is 0 Å². The summed E-state index contributed by atoms with van der Waals surface area (Å²) < 4.78 is 5.94. The van der Waals surface area contributed by atoms with Gasteiger partial charge in [-0.25, -0.2) is 4.79 Å². The summed E-state index contributed by atoms with van der Waals surface area (Å²) in [5.41, 5.74) is 6.81. The molecule has 0 spiro atoms. The number of ether oxygens (including phenoxy) is 1. The van der Waals surface area contributed by atoms with E-state index in [1.54, 1.807) is 32.9 Å². The number of amides is 1. The molecule has 6 heteroatoms. The smallest absolute Gasteiger partial charge is 0.412 e. The fourth-order valence-electron chi connectivity index (χ4n) is 1.59. The fourth-order valence-corrected chi connectivity index (χ4v) is 1.93. The van der Waals surface area contributed by atoms with Gasteiger partial charge in [0.15, 0.2) is 0 Å². The van der Waals surface area contributed by atoms with Gasteiger partial charge in [0, 0.05) is 17.1 Å². The number of halogens is 1. The molecule has 1 aromatic carbocycles. The van der Waals surface area contributed by atoms with E-state index in [-0.39, 0.29) is 12.6 Å². The van der Waals surface area contributed by atoms with Gasteiger partial charge in [0.25, 0.3) is 0 Å². The Morgan fingerprint density at radius 2 is 2.15 bits per heavy atom. The monoisotopic (exact) mass is 344 g/mol. The van der Waals surface area contributed by atoms with Crippen LogP contribution in [0.2, 0.25) is 0 Å². The van der Waals surface area contributed by atoms with E-state index in [1.807, 2.05) is 6.07 Å². The molecule has 1 unspecified atom stereocenters. The topological polar surface area (TPSA) is 84.6 Å². The van der Waals surface area contributed by atoms with Crippen LogP contribution in [0.4, 0.5) is 10.5 Å². The Morgan fingerprint density at radius 1 is 1.50 bits per heavy atom. The Morgan fingerprint density at radius 3 is 2.70 bits per heavy atom. The maximum Gasteiger partial charge on any atom is 0.412 e. The molecule has 4 N–H and O–H groups in total. The number of carbonyl (C=O) groups excluding carboxylic acids is 1. The molecule has 0 aliphatic heterocycles. The first-order valence-electron chi connectivity index (χ1n) is 6.39. The summed E-state index contributed by atoms with van der Waals surface area (Å²) in [5.74, 6) is 0. The van der Waals surface area contributed by atoms with Crippen LogP contribution < -0.4 is 11.1 Å². The number of carbonyl (C=O) groups is 1. The normalized spacial score (nSPS) is 12.9. The van der Waals surface area contributed by atoms with E-state index in [0.29, 0.717) is 12.1 Å². The summed E-state index contributed by atoms with van der Waals surface area (Å²) in [5, 5.41) is 11.6. The van der Waals surface area contributed by atoms with E-state index in [9.17, 15) is 4.79 Å². The van der Waals surface area contributed by atoms with E-state index in [4.69, 9.17) is 15.6 Å². The molecule has 0 fully saturated rings. The molecule has 1 amide bonds. The molecule has 1 aromatic rings. The summed E-state index contributed by atoms with van der Waals surface area (Å²) in [7, 11) is 0. The average Bonchev–Trinajstić information content (AvgIpc) is 2.29. The maximum absolute atomic E-state index is 11.8. The van der Waals surface area contributed by atoms with Crippen molar-refractivity contribution in [2.75, 3.05) is 11.9 Å². The lowest BCUT2D eigenvalue weighted by Crippen LogP contribution is -2.27. The van der Waals surface area contributed by atoms with Crippen LogP contribution in [-0.4, -0.2) is 23.4 Å². The van der Waals surface area contributed by atoms with E-state index in [2.05, 4.69) is 21.2 Å². The standard InChI is InChI=1S/C14H21BrN2O3/c1-14(2,3)20-13(19)17-12-8-9(4-5-10(12)15)11(16)6-7-18/h4-5,8,11,18H,6-7,16H2,1-3H3,(H,17,19). The number of hydrogen-bond donors (Lipinski definition) is 3. The van der Waals surface area contributed by atoms with Gasteiger partial charge < -0.3 is 15.6 Å². The van der Waals surface area contributed by atoms with Crippen LogP contribution in [0.5, 0.6) is 0 Å². The molecule has 5 nitrogen and oxygen atoms in total. The number of anilines is 1. The molecular formula is C14H21BrN2O3. The lowest BCUT2D eigenvalue weighted by Gasteiger charge is -2.20. The summed E-state index contributed by atoms with van der Waals surface area (Å²) >= 11 is 3.37. The summed E-state index contributed by atoms with van der Waals surface area (Å²) in [6.07, 6.45) is -0.0564. The molecule has 0 heterocycles. The molecule has 20 heavy (non-hydrogen) atoms. The van der Waals surface area contributed by atoms with E-state index < -0.39 is 11.7 Å². The first-order valence-corrected chi connectivity index (χ1v) is 7.18. The zero-order valence-corrected chi connectivity index (χ0v) is 13.5. The third-order valence-corrected chi connectivity index (χ3v) is 3.19. The number of nitrogens with two attached hydrogens (primary N) is 1. The van der Waals surface area contributed by atoms with Crippen LogP contribution in [0, 0.1) is 0 Å². The summed E-state index contributed by atoms with van der Waals surface area (Å²) in [6.45, 7) is 5.42. The van der Waals surface area contributed by atoms with Crippen molar-refractivity contribution in [3.05, 3.63) is 28.2 Å². The fraction of sp³-hybridized carbons (Fsp3) is 0.500. The minimum absolute atomic E-state index is 0.0199. The van der Waals surface area contributed by atoms with Crippen LogP contribution in [0.1, 0.15) is 38.8 Å². The maximum atomic E-state index is 11.8. The van der Waals surface area contributed by atoms with Gasteiger partial charge in [0.05, 0.1) is 5.69 Å². The van der Waals surface area contributed by atoms with Crippen LogP contribution in [0.25, 0.3) is 0 Å². The van der Waals surface area contributed by atoms with Gasteiger partial charge in [-0.1, -0.05) is 6.07 Å². The Labute approximate surface area is 127 Å². The molecule has 0 aromatic heterocycles. The van der Waals surface area contributed by atoms with Crippen molar-refractivity contribution < 1.29 is 14.6 Å². The first kappa shape index (κ1) is 16.9. The highest BCUT2D eigenvalue weighted by Crippen LogP contribution is 2.27. The highest BCUT2D eigenvalue weighted by atomic mass is 79.9. The second-order valence-electron chi connectivity index (χ2n) is 5.48. The lowest BCUT2D eigenvalue weighted by molar-refractivity contribution is 0.0636. The largest absolute Gasteiger partial charge is 0.444 e. The third-order valence-electron chi connectivity index (χ3n) is 2.49. The second kappa shape index (κ2) is 7.06. The Bertz CT molecular complexity index is 472. The molecule has 0 aliphatic rings. The molecule has 0 saturated heterocycles. The van der Waals surface area contributed by atoms with Gasteiger partial charge >= 0.3 is 6.09 Å². The van der Waals surface area contributed by atoms with Crippen molar-refractivity contribution >= 4 is 27.7 Å². The molecule has 1 rings (SSSR count). The SMILES string of the molecule is CC(C)(C)OC(=O)Nc1cc(C(N)CCO)ccc1Br. The zero-order chi connectivity index (χ0) is 15.3. The van der Waals surface area contributed by atoms with Crippen LogP contribution >= 0.6 is 15.9 Å². The van der Waals surface area contributed by atoms with E-state index >= 15 is 0 Å². The lowest BCUT2D eigenvalue weighted by atomic mass is 10.0. The summed E-state index contributed by atoms with van der Waals surface area (Å²) in [6, 6.07) is 5.16. The van der Waals surface area contributed by atoms with E-state index in [0.717, 1.165) is 10.0 Å². The van der Waals surface area contributed by atoms with Crippen LogP contribution in [0.15, 0.2) is 22.7 Å². The number of aliphatic hydroxyl groups is 1. The van der Waals surface area contributed by atoms with Crippen LogP contribution in [-0.2, 0) is 4.74 Å².